The summed E-state index contributed by atoms with van der Waals surface area (Å²) < 4.78 is 13.4. The zero-order valence-electron chi connectivity index (χ0n) is 24.4. The summed E-state index contributed by atoms with van der Waals surface area (Å²) >= 11 is 0. The van der Waals surface area contributed by atoms with Gasteiger partial charge in [0.15, 0.2) is 11.4 Å². The molecule has 38 heavy (non-hydrogen) atoms. The molecule has 1 aliphatic heterocycles. The van der Waals surface area contributed by atoms with Crippen LogP contribution in [0.1, 0.15) is 44.5 Å². The highest BCUT2D eigenvalue weighted by Gasteiger charge is 2.34. The predicted molar refractivity (Wildman–Crippen MR) is 158 cm³/mol. The molecular weight excluding hydrogens is 492 g/mol. The lowest BCUT2D eigenvalue weighted by Crippen LogP contribution is -2.28. The molecule has 206 valence electrons. The van der Waals surface area contributed by atoms with Crippen molar-refractivity contribution in [1.82, 2.24) is 14.5 Å². The molecule has 7 nitrogen and oxygen atoms in total. The Morgan fingerprint density at radius 2 is 1.97 bits per heavy atom. The van der Waals surface area contributed by atoms with Gasteiger partial charge in [-0.3, -0.25) is 4.79 Å². The van der Waals surface area contributed by atoms with Gasteiger partial charge in [-0.1, -0.05) is 59.5 Å². The molecule has 0 amide bonds. The molecule has 8 heteroatoms. The van der Waals surface area contributed by atoms with Gasteiger partial charge < -0.3 is 18.9 Å². The Kier molecular flexibility index (Phi) is 8.17. The lowest BCUT2D eigenvalue weighted by Gasteiger charge is -2.25. The second kappa shape index (κ2) is 10.9. The van der Waals surface area contributed by atoms with Gasteiger partial charge in [0.25, 0.3) is 0 Å². The summed E-state index contributed by atoms with van der Waals surface area (Å²) in [6, 6.07) is 9.55. The first-order valence-electron chi connectivity index (χ1n) is 13.6. The number of ketones is 1. The number of rotatable bonds is 10. The van der Waals surface area contributed by atoms with E-state index in [0.29, 0.717) is 30.1 Å². The Morgan fingerprint density at radius 3 is 2.66 bits per heavy atom. The third kappa shape index (κ3) is 6.53. The zero-order chi connectivity index (χ0) is 27.7. The Hall–Kier alpha value is -2.55. The number of carbonyl (C=O) groups excluding carboxylic acids is 1. The van der Waals surface area contributed by atoms with Crippen LogP contribution in [0.3, 0.4) is 0 Å². The first-order chi connectivity index (χ1) is 17.8. The number of benzene rings is 1. The fourth-order valence-electron chi connectivity index (χ4n) is 4.97. The molecule has 0 N–H and O–H groups in total. The molecular formula is C30H44N4O3Si. The number of hydrogen-bond acceptors (Lipinski definition) is 6. The minimum absolute atomic E-state index is 0.0537. The SMILES string of the molecule is COCC1(C)CCN(c2cccc(-c3cnc4c(n3)c(C(=O)C(C)(C)C)cn4COCC[Si](C)(C)C)c2)C1. The van der Waals surface area contributed by atoms with E-state index in [-0.39, 0.29) is 11.2 Å². The fourth-order valence-corrected chi connectivity index (χ4v) is 5.73. The van der Waals surface area contributed by atoms with E-state index in [4.69, 9.17) is 19.4 Å². The van der Waals surface area contributed by atoms with Crippen LogP contribution in [0.4, 0.5) is 5.69 Å². The molecule has 0 bridgehead atoms. The second-order valence-electron chi connectivity index (χ2n) is 13.3. The molecule has 2 aromatic heterocycles. The Balaban J connectivity index is 1.65. The minimum Gasteiger partial charge on any atom is -0.384 e. The molecule has 3 aromatic rings. The summed E-state index contributed by atoms with van der Waals surface area (Å²) in [5.74, 6) is 0.0537. The van der Waals surface area contributed by atoms with Gasteiger partial charge in [-0.15, -0.1) is 0 Å². The standard InChI is InChI=1S/C30H44N4O3Si/c1-29(2,3)27(35)24-18-34(21-37-14-15-38(6,7)8)28-26(24)32-25(17-31-28)22-10-9-11-23(16-22)33-13-12-30(4,19-33)20-36-5/h9-11,16-18H,12-15,19-21H2,1-8H3. The van der Waals surface area contributed by atoms with E-state index in [9.17, 15) is 4.79 Å². The summed E-state index contributed by atoms with van der Waals surface area (Å²) in [7, 11) is 0.588. The van der Waals surface area contributed by atoms with Gasteiger partial charge in [-0.2, -0.15) is 0 Å². The molecule has 4 rings (SSSR count). The summed E-state index contributed by atoms with van der Waals surface area (Å²) in [4.78, 5) is 25.6. The monoisotopic (exact) mass is 536 g/mol. The Morgan fingerprint density at radius 1 is 1.21 bits per heavy atom. The van der Waals surface area contributed by atoms with Gasteiger partial charge in [-0.05, 0) is 24.6 Å². The van der Waals surface area contributed by atoms with Crippen LogP contribution < -0.4 is 4.90 Å². The number of hydrogen-bond donors (Lipinski definition) is 0. The van der Waals surface area contributed by atoms with E-state index in [1.807, 2.05) is 37.7 Å². The highest BCUT2D eigenvalue weighted by Crippen LogP contribution is 2.35. The maximum atomic E-state index is 13.4. The minimum atomic E-state index is -1.18. The van der Waals surface area contributed by atoms with Crippen molar-refractivity contribution in [2.45, 2.75) is 66.5 Å². The summed E-state index contributed by atoms with van der Waals surface area (Å²) in [5.41, 5.74) is 4.47. The van der Waals surface area contributed by atoms with Crippen LogP contribution in [0.15, 0.2) is 36.7 Å². The molecule has 3 heterocycles. The van der Waals surface area contributed by atoms with E-state index < -0.39 is 13.5 Å². The molecule has 0 spiro atoms. The smallest absolute Gasteiger partial charge is 0.171 e. The lowest BCUT2D eigenvalue weighted by atomic mass is 9.87. The van der Waals surface area contributed by atoms with Crippen LogP contribution in [-0.2, 0) is 16.2 Å². The number of nitrogens with zero attached hydrogens (tertiary/aromatic N) is 4. The average molecular weight is 537 g/mol. The van der Waals surface area contributed by atoms with Crippen LogP contribution in [0.2, 0.25) is 25.7 Å². The third-order valence-corrected chi connectivity index (χ3v) is 8.98. The number of methoxy groups -OCH3 is 1. The van der Waals surface area contributed by atoms with Crippen LogP contribution >= 0.6 is 0 Å². The van der Waals surface area contributed by atoms with Crippen molar-refractivity contribution in [3.05, 3.63) is 42.2 Å². The first-order valence-corrected chi connectivity index (χ1v) is 17.3. The van der Waals surface area contributed by atoms with Crippen LogP contribution in [0, 0.1) is 10.8 Å². The number of anilines is 1. The quantitative estimate of drug-likeness (QED) is 0.167. The van der Waals surface area contributed by atoms with Crippen molar-refractivity contribution in [3.8, 4) is 11.3 Å². The normalized spacial score (nSPS) is 18.5. The van der Waals surface area contributed by atoms with Gasteiger partial charge in [0.05, 0.1) is 24.1 Å². The van der Waals surface area contributed by atoms with E-state index in [1.165, 1.54) is 5.69 Å². The van der Waals surface area contributed by atoms with Crippen molar-refractivity contribution in [2.75, 3.05) is 38.3 Å². The number of fused-ring (bicyclic) bond motifs is 1. The maximum absolute atomic E-state index is 13.4. The summed E-state index contributed by atoms with van der Waals surface area (Å²) in [5, 5.41) is 0. The Labute approximate surface area is 228 Å². The number of ether oxygens (including phenoxy) is 2. The van der Waals surface area contributed by atoms with Crippen LogP contribution in [0.5, 0.6) is 0 Å². The van der Waals surface area contributed by atoms with Crippen molar-refractivity contribution >= 4 is 30.7 Å². The van der Waals surface area contributed by atoms with Gasteiger partial charge in [0.2, 0.25) is 0 Å². The molecule has 1 fully saturated rings. The molecule has 1 saturated heterocycles. The zero-order valence-corrected chi connectivity index (χ0v) is 25.4. The highest BCUT2D eigenvalue weighted by molar-refractivity contribution is 6.76. The summed E-state index contributed by atoms with van der Waals surface area (Å²) in [6.45, 7) is 18.9. The van der Waals surface area contributed by atoms with Gasteiger partial charge in [0, 0.05) is 63.2 Å². The maximum Gasteiger partial charge on any atom is 0.171 e. The molecule has 1 atom stereocenters. The Bertz CT molecular complexity index is 1290. The molecule has 0 saturated carbocycles. The van der Waals surface area contributed by atoms with E-state index in [0.717, 1.165) is 43.4 Å². The second-order valence-corrected chi connectivity index (χ2v) is 19.0. The lowest BCUT2D eigenvalue weighted by molar-refractivity contribution is 0.0849. The summed E-state index contributed by atoms with van der Waals surface area (Å²) in [6.07, 6.45) is 4.78. The van der Waals surface area contributed by atoms with Gasteiger partial charge in [0.1, 0.15) is 12.2 Å². The van der Waals surface area contributed by atoms with Crippen molar-refractivity contribution < 1.29 is 14.3 Å². The third-order valence-electron chi connectivity index (χ3n) is 7.28. The molecule has 0 aliphatic carbocycles. The molecule has 0 radical (unpaired) electrons. The first kappa shape index (κ1) is 28.5. The highest BCUT2D eigenvalue weighted by atomic mass is 28.3. The van der Waals surface area contributed by atoms with E-state index >= 15 is 0 Å². The predicted octanol–water partition coefficient (Wildman–Crippen LogP) is 6.50. The number of aromatic nitrogens is 3. The van der Waals surface area contributed by atoms with E-state index in [1.54, 1.807) is 7.11 Å². The largest absolute Gasteiger partial charge is 0.384 e. The average Bonchev–Trinajstić information content (AvgIpc) is 3.41. The molecule has 1 aromatic carbocycles. The van der Waals surface area contributed by atoms with Gasteiger partial charge >= 0.3 is 0 Å². The van der Waals surface area contributed by atoms with Crippen molar-refractivity contribution in [2.24, 2.45) is 10.8 Å². The van der Waals surface area contributed by atoms with Crippen LogP contribution in [0.25, 0.3) is 22.4 Å². The number of carbonyl (C=O) groups is 1. The van der Waals surface area contributed by atoms with Crippen LogP contribution in [-0.4, -0.2) is 61.8 Å². The van der Waals surface area contributed by atoms with Crippen molar-refractivity contribution in [1.29, 1.82) is 0 Å². The fraction of sp³-hybridized carbons (Fsp3) is 0.567. The van der Waals surface area contributed by atoms with Crippen molar-refractivity contribution in [3.63, 3.8) is 0 Å². The molecule has 1 aliphatic rings. The number of Topliss-reactive ketones (excluding diaryl/α,β-unsaturated/α-hetero) is 1. The van der Waals surface area contributed by atoms with E-state index in [2.05, 4.69) is 55.7 Å². The van der Waals surface area contributed by atoms with Gasteiger partial charge in [-0.25, -0.2) is 9.97 Å². The molecule has 1 unspecified atom stereocenters. The topological polar surface area (TPSA) is 69.5 Å².